The van der Waals surface area contributed by atoms with E-state index in [-0.39, 0.29) is 5.92 Å². The SMILES string of the molecule is C=C1C[C@H]([C@@H](C=O)NC(=O)OC(C)(C)C)CCC1C. The number of amides is 1. The van der Waals surface area contributed by atoms with Crippen LogP contribution in [0.2, 0.25) is 0 Å². The molecule has 0 aromatic rings. The van der Waals surface area contributed by atoms with Gasteiger partial charge in [0.1, 0.15) is 11.9 Å². The van der Waals surface area contributed by atoms with E-state index in [1.54, 1.807) is 20.8 Å². The zero-order valence-corrected chi connectivity index (χ0v) is 12.4. The van der Waals surface area contributed by atoms with Crippen molar-refractivity contribution in [2.45, 2.75) is 58.6 Å². The van der Waals surface area contributed by atoms with Crippen LogP contribution in [-0.2, 0) is 9.53 Å². The van der Waals surface area contributed by atoms with Crippen LogP contribution in [0.15, 0.2) is 12.2 Å². The Hall–Kier alpha value is -1.32. The molecule has 4 heteroatoms. The second kappa shape index (κ2) is 6.22. The van der Waals surface area contributed by atoms with E-state index in [4.69, 9.17) is 4.74 Å². The summed E-state index contributed by atoms with van der Waals surface area (Å²) >= 11 is 0. The first-order chi connectivity index (χ1) is 8.73. The molecular weight excluding hydrogens is 242 g/mol. The highest BCUT2D eigenvalue weighted by Crippen LogP contribution is 2.33. The van der Waals surface area contributed by atoms with Crippen LogP contribution < -0.4 is 5.32 Å². The molecule has 0 saturated heterocycles. The van der Waals surface area contributed by atoms with Gasteiger partial charge in [0.15, 0.2) is 0 Å². The Morgan fingerprint density at radius 1 is 1.47 bits per heavy atom. The quantitative estimate of drug-likeness (QED) is 0.631. The number of allylic oxidation sites excluding steroid dienone is 1. The molecule has 108 valence electrons. The maximum Gasteiger partial charge on any atom is 0.408 e. The normalized spacial score (nSPS) is 25.6. The molecular formula is C15H25NO3. The van der Waals surface area contributed by atoms with Crippen LogP contribution >= 0.6 is 0 Å². The molecule has 1 saturated carbocycles. The average molecular weight is 267 g/mol. The Kier molecular flexibility index (Phi) is 5.15. The molecule has 1 fully saturated rings. The van der Waals surface area contributed by atoms with Crippen LogP contribution in [0.5, 0.6) is 0 Å². The number of hydrogen-bond acceptors (Lipinski definition) is 3. The first kappa shape index (κ1) is 15.7. The van der Waals surface area contributed by atoms with Crippen molar-refractivity contribution in [2.24, 2.45) is 11.8 Å². The molecule has 1 N–H and O–H groups in total. The monoisotopic (exact) mass is 267 g/mol. The third-order valence-electron chi connectivity index (χ3n) is 3.53. The molecule has 4 nitrogen and oxygen atoms in total. The molecule has 0 spiro atoms. The van der Waals surface area contributed by atoms with Gasteiger partial charge in [-0.2, -0.15) is 0 Å². The van der Waals surface area contributed by atoms with Crippen molar-refractivity contribution in [1.29, 1.82) is 0 Å². The molecule has 0 bridgehead atoms. The van der Waals surface area contributed by atoms with Gasteiger partial charge in [0.25, 0.3) is 0 Å². The first-order valence-electron chi connectivity index (χ1n) is 6.85. The van der Waals surface area contributed by atoms with Crippen LogP contribution in [0.1, 0.15) is 47.0 Å². The van der Waals surface area contributed by atoms with Crippen LogP contribution in [0.3, 0.4) is 0 Å². The summed E-state index contributed by atoms with van der Waals surface area (Å²) in [4.78, 5) is 22.9. The number of nitrogens with one attached hydrogen (secondary N) is 1. The van der Waals surface area contributed by atoms with Crippen LogP contribution in [0.25, 0.3) is 0 Å². The fourth-order valence-corrected chi connectivity index (χ4v) is 2.32. The number of alkyl carbamates (subject to hydrolysis) is 1. The Labute approximate surface area is 115 Å². The second-order valence-corrected chi connectivity index (χ2v) is 6.41. The van der Waals surface area contributed by atoms with Gasteiger partial charge in [-0.05, 0) is 51.9 Å². The lowest BCUT2D eigenvalue weighted by Gasteiger charge is -2.32. The average Bonchev–Trinajstić information content (AvgIpc) is 2.27. The fourth-order valence-electron chi connectivity index (χ4n) is 2.32. The van der Waals surface area contributed by atoms with Crippen molar-refractivity contribution >= 4 is 12.4 Å². The van der Waals surface area contributed by atoms with E-state index < -0.39 is 17.7 Å². The van der Waals surface area contributed by atoms with Crippen LogP contribution in [-0.4, -0.2) is 24.0 Å². The molecule has 0 aliphatic heterocycles. The number of aldehydes is 1. The lowest BCUT2D eigenvalue weighted by molar-refractivity contribution is -0.111. The second-order valence-electron chi connectivity index (χ2n) is 6.41. The summed E-state index contributed by atoms with van der Waals surface area (Å²) < 4.78 is 5.18. The smallest absolute Gasteiger partial charge is 0.408 e. The number of carbonyl (C=O) groups is 2. The minimum absolute atomic E-state index is 0.133. The Morgan fingerprint density at radius 2 is 2.11 bits per heavy atom. The molecule has 0 aromatic carbocycles. The summed E-state index contributed by atoms with van der Waals surface area (Å²) in [5.41, 5.74) is 0.608. The lowest BCUT2D eigenvalue weighted by atomic mass is 9.77. The van der Waals surface area contributed by atoms with E-state index in [2.05, 4.69) is 18.8 Å². The van der Waals surface area contributed by atoms with E-state index in [0.29, 0.717) is 5.92 Å². The molecule has 0 radical (unpaired) electrons. The van der Waals surface area contributed by atoms with Gasteiger partial charge in [-0.1, -0.05) is 19.1 Å². The largest absolute Gasteiger partial charge is 0.444 e. The van der Waals surface area contributed by atoms with Crippen molar-refractivity contribution < 1.29 is 14.3 Å². The Bertz CT molecular complexity index is 357. The highest BCUT2D eigenvalue weighted by molar-refractivity contribution is 5.73. The molecule has 1 amide bonds. The van der Waals surface area contributed by atoms with E-state index in [9.17, 15) is 9.59 Å². The lowest BCUT2D eigenvalue weighted by Crippen LogP contribution is -2.45. The highest BCUT2D eigenvalue weighted by Gasteiger charge is 2.30. The molecule has 19 heavy (non-hydrogen) atoms. The van der Waals surface area contributed by atoms with Gasteiger partial charge in [-0.25, -0.2) is 4.79 Å². The van der Waals surface area contributed by atoms with Crippen molar-refractivity contribution in [1.82, 2.24) is 5.32 Å². The van der Waals surface area contributed by atoms with E-state index in [1.807, 2.05) is 0 Å². The predicted octanol–water partition coefficient (Wildman–Crippen LogP) is 3.07. The Balaban J connectivity index is 2.56. The van der Waals surface area contributed by atoms with Gasteiger partial charge in [0, 0.05) is 0 Å². The minimum atomic E-state index is -0.553. The zero-order chi connectivity index (χ0) is 14.6. The topological polar surface area (TPSA) is 55.4 Å². The zero-order valence-electron chi connectivity index (χ0n) is 12.4. The molecule has 1 aliphatic rings. The van der Waals surface area contributed by atoms with E-state index >= 15 is 0 Å². The van der Waals surface area contributed by atoms with E-state index in [0.717, 1.165) is 31.1 Å². The van der Waals surface area contributed by atoms with Crippen molar-refractivity contribution in [3.63, 3.8) is 0 Å². The summed E-state index contributed by atoms with van der Waals surface area (Å²) in [5.74, 6) is 0.638. The number of ether oxygens (including phenoxy) is 1. The third kappa shape index (κ3) is 5.05. The van der Waals surface area contributed by atoms with Gasteiger partial charge < -0.3 is 14.8 Å². The highest BCUT2D eigenvalue weighted by atomic mass is 16.6. The molecule has 1 rings (SSSR count). The van der Waals surface area contributed by atoms with E-state index in [1.165, 1.54) is 0 Å². The number of rotatable bonds is 3. The molecule has 3 atom stereocenters. The van der Waals surface area contributed by atoms with Gasteiger partial charge in [-0.15, -0.1) is 0 Å². The van der Waals surface area contributed by atoms with Crippen molar-refractivity contribution in [2.75, 3.05) is 0 Å². The Morgan fingerprint density at radius 3 is 2.58 bits per heavy atom. The summed E-state index contributed by atoms with van der Waals surface area (Å²) in [7, 11) is 0. The van der Waals surface area contributed by atoms with Crippen LogP contribution in [0.4, 0.5) is 4.79 Å². The maximum atomic E-state index is 11.7. The summed E-state index contributed by atoms with van der Waals surface area (Å²) in [6, 6.07) is -0.487. The summed E-state index contributed by atoms with van der Waals surface area (Å²) in [5, 5.41) is 2.66. The fraction of sp³-hybridized carbons (Fsp3) is 0.733. The van der Waals surface area contributed by atoms with Gasteiger partial charge in [0.05, 0.1) is 6.04 Å². The number of carbonyl (C=O) groups excluding carboxylic acids is 2. The van der Waals surface area contributed by atoms with Crippen molar-refractivity contribution in [3.05, 3.63) is 12.2 Å². The maximum absolute atomic E-state index is 11.7. The van der Waals surface area contributed by atoms with Gasteiger partial charge in [0.2, 0.25) is 0 Å². The minimum Gasteiger partial charge on any atom is -0.444 e. The van der Waals surface area contributed by atoms with Gasteiger partial charge in [-0.3, -0.25) is 0 Å². The summed E-state index contributed by atoms with van der Waals surface area (Å²) in [6.45, 7) is 11.6. The van der Waals surface area contributed by atoms with Crippen molar-refractivity contribution in [3.8, 4) is 0 Å². The standard InChI is InChI=1S/C15H25NO3/c1-10-6-7-12(8-11(10)2)13(9-17)16-14(18)19-15(3,4)5/h9-10,12-13H,2,6-8H2,1,3-5H3,(H,16,18)/t10?,12-,13-/m1/s1. The van der Waals surface area contributed by atoms with Crippen LogP contribution in [0, 0.1) is 11.8 Å². The predicted molar refractivity (Wildman–Crippen MR) is 74.9 cm³/mol. The molecule has 1 aliphatic carbocycles. The third-order valence-corrected chi connectivity index (χ3v) is 3.53. The molecule has 1 unspecified atom stereocenters. The molecule has 0 heterocycles. The summed E-state index contributed by atoms with van der Waals surface area (Å²) in [6.07, 6.45) is 3.01. The number of hydrogen-bond donors (Lipinski definition) is 1. The van der Waals surface area contributed by atoms with Gasteiger partial charge >= 0.3 is 6.09 Å². The first-order valence-corrected chi connectivity index (χ1v) is 6.85. The molecule has 0 aromatic heterocycles.